The van der Waals surface area contributed by atoms with Crippen molar-refractivity contribution < 1.29 is 0 Å². The molecule has 3 aliphatic rings. The largest absolute Gasteiger partial charge is 0.342 e. The number of rotatable bonds is 3. The van der Waals surface area contributed by atoms with Gasteiger partial charge in [0.05, 0.1) is 17.6 Å². The Hall–Kier alpha value is -3.79. The lowest BCUT2D eigenvalue weighted by molar-refractivity contribution is 0.290. The van der Waals surface area contributed by atoms with E-state index in [1.807, 2.05) is 10.6 Å². The number of nitrogens with zero attached hydrogens (tertiary/aromatic N) is 8. The number of aromatic nitrogens is 8. The van der Waals surface area contributed by atoms with Crippen molar-refractivity contribution in [1.29, 1.82) is 0 Å². The first-order valence-electron chi connectivity index (χ1n) is 12.4. The van der Waals surface area contributed by atoms with Crippen molar-refractivity contribution in [2.45, 2.75) is 49.1 Å². The first-order valence-corrected chi connectivity index (χ1v) is 12.4. The van der Waals surface area contributed by atoms with Gasteiger partial charge in [-0.2, -0.15) is 15.2 Å². The van der Waals surface area contributed by atoms with Gasteiger partial charge in [0.25, 0.3) is 0 Å². The summed E-state index contributed by atoms with van der Waals surface area (Å²) in [5, 5.41) is 22.3. The SMILES string of the molecule is N[C@@H]1Cn2nccc2C12CCN(c1nc3n[nH]c(C4(c5ccccc5)CC4)c3c3nncn13)CC2. The van der Waals surface area contributed by atoms with Crippen LogP contribution < -0.4 is 10.6 Å². The van der Waals surface area contributed by atoms with Crippen LogP contribution in [0.25, 0.3) is 16.7 Å². The highest BCUT2D eigenvalue weighted by Gasteiger charge is 2.50. The Morgan fingerprint density at radius 3 is 2.66 bits per heavy atom. The van der Waals surface area contributed by atoms with Crippen LogP contribution in [0.3, 0.4) is 0 Å². The molecule has 1 spiro atoms. The molecule has 0 radical (unpaired) electrons. The summed E-state index contributed by atoms with van der Waals surface area (Å²) in [5.41, 5.74) is 11.8. The average molecular weight is 467 g/mol. The second-order valence-electron chi connectivity index (χ2n) is 10.3. The van der Waals surface area contributed by atoms with E-state index in [1.54, 1.807) is 6.33 Å². The highest BCUT2D eigenvalue weighted by atomic mass is 15.4. The monoisotopic (exact) mass is 466 g/mol. The molecular formula is C25H26N10. The predicted molar refractivity (Wildman–Crippen MR) is 130 cm³/mol. The fourth-order valence-electron chi connectivity index (χ4n) is 6.64. The number of piperidine rings is 1. The van der Waals surface area contributed by atoms with Crippen molar-refractivity contribution in [3.63, 3.8) is 0 Å². The Morgan fingerprint density at radius 1 is 1.03 bits per heavy atom. The maximum Gasteiger partial charge on any atom is 0.214 e. The predicted octanol–water partition coefficient (Wildman–Crippen LogP) is 2.16. The van der Waals surface area contributed by atoms with Crippen molar-refractivity contribution in [3.8, 4) is 0 Å². The lowest BCUT2D eigenvalue weighted by Gasteiger charge is -2.41. The summed E-state index contributed by atoms with van der Waals surface area (Å²) >= 11 is 0. The summed E-state index contributed by atoms with van der Waals surface area (Å²) in [5.74, 6) is 0.843. The first kappa shape index (κ1) is 19.5. The lowest BCUT2D eigenvalue weighted by Crippen LogP contribution is -2.51. The molecule has 6 heterocycles. The number of fused-ring (bicyclic) bond motifs is 5. The van der Waals surface area contributed by atoms with Gasteiger partial charge in [-0.1, -0.05) is 30.3 Å². The highest BCUT2D eigenvalue weighted by molar-refractivity contribution is 5.94. The number of anilines is 1. The third-order valence-electron chi connectivity index (χ3n) is 8.74. The molecule has 35 heavy (non-hydrogen) atoms. The van der Waals surface area contributed by atoms with E-state index in [9.17, 15) is 0 Å². The van der Waals surface area contributed by atoms with Gasteiger partial charge in [0.15, 0.2) is 11.3 Å². The molecule has 2 aliphatic heterocycles. The second-order valence-corrected chi connectivity index (χ2v) is 10.3. The Bertz CT molecular complexity index is 1570. The van der Waals surface area contributed by atoms with Crippen molar-refractivity contribution in [3.05, 3.63) is 65.9 Å². The maximum atomic E-state index is 6.63. The molecule has 1 saturated carbocycles. The summed E-state index contributed by atoms with van der Waals surface area (Å²) in [6, 6.07) is 12.9. The highest BCUT2D eigenvalue weighted by Crippen LogP contribution is 2.54. The zero-order valence-corrected chi connectivity index (χ0v) is 19.3. The number of H-pyrrole nitrogens is 1. The molecule has 0 amide bonds. The average Bonchev–Trinajstić information content (AvgIpc) is 3.25. The van der Waals surface area contributed by atoms with Gasteiger partial charge in [-0.15, -0.1) is 10.2 Å². The fourth-order valence-corrected chi connectivity index (χ4v) is 6.64. The van der Waals surface area contributed by atoms with Crippen LogP contribution in [0, 0.1) is 0 Å². The van der Waals surface area contributed by atoms with Crippen molar-refractivity contribution in [2.75, 3.05) is 18.0 Å². The number of nitrogens with one attached hydrogen (secondary N) is 1. The van der Waals surface area contributed by atoms with E-state index < -0.39 is 0 Å². The Labute approximate surface area is 201 Å². The van der Waals surface area contributed by atoms with E-state index in [0.717, 1.165) is 68.0 Å². The normalized spacial score (nSPS) is 22.3. The van der Waals surface area contributed by atoms with Crippen molar-refractivity contribution in [1.82, 2.24) is 39.6 Å². The minimum absolute atomic E-state index is 0.0169. The number of hydrogen-bond acceptors (Lipinski definition) is 7. The van der Waals surface area contributed by atoms with E-state index >= 15 is 0 Å². The number of benzene rings is 1. The molecule has 0 unspecified atom stereocenters. The number of hydrogen-bond donors (Lipinski definition) is 2. The fraction of sp³-hybridized carbons (Fsp3) is 0.400. The molecule has 4 aromatic heterocycles. The zero-order valence-electron chi connectivity index (χ0n) is 19.3. The minimum atomic E-state index is -0.0509. The van der Waals surface area contributed by atoms with Crippen LogP contribution in [0.4, 0.5) is 5.95 Å². The Morgan fingerprint density at radius 2 is 1.86 bits per heavy atom. The van der Waals surface area contributed by atoms with Crippen LogP contribution in [-0.2, 0) is 17.4 Å². The summed E-state index contributed by atoms with van der Waals surface area (Å²) < 4.78 is 4.10. The molecule has 8 rings (SSSR count). The molecule has 2 fully saturated rings. The minimum Gasteiger partial charge on any atom is -0.342 e. The zero-order chi connectivity index (χ0) is 23.2. The standard InChI is InChI=1S/C25H26N10/c26-17-14-35-18(6-11-28-35)25(17)9-12-33(13-10-25)23-29-21-19(22-32-27-15-34(22)23)20(30-31-21)24(7-8-24)16-4-2-1-3-5-16/h1-6,11,15,17H,7-10,12-14,26H2,(H,30,31)/t17-/m1/s1. The van der Waals surface area contributed by atoms with E-state index in [2.05, 4.69) is 71.5 Å². The third-order valence-corrected chi connectivity index (χ3v) is 8.74. The first-order chi connectivity index (χ1) is 17.2. The molecule has 1 aromatic carbocycles. The molecule has 176 valence electrons. The molecule has 10 heteroatoms. The molecule has 1 atom stereocenters. The van der Waals surface area contributed by atoms with Crippen LogP contribution in [-0.4, -0.2) is 58.7 Å². The molecule has 10 nitrogen and oxygen atoms in total. The van der Waals surface area contributed by atoms with E-state index in [-0.39, 0.29) is 16.9 Å². The third kappa shape index (κ3) is 2.49. The van der Waals surface area contributed by atoms with Gasteiger partial charge in [-0.3, -0.25) is 14.2 Å². The molecule has 0 bridgehead atoms. The smallest absolute Gasteiger partial charge is 0.214 e. The van der Waals surface area contributed by atoms with Crippen LogP contribution in [0.5, 0.6) is 0 Å². The molecule has 1 aliphatic carbocycles. The Kier molecular flexibility index (Phi) is 3.71. The maximum absolute atomic E-state index is 6.63. The summed E-state index contributed by atoms with van der Waals surface area (Å²) in [6.07, 6.45) is 7.76. The van der Waals surface area contributed by atoms with E-state index in [4.69, 9.17) is 10.7 Å². The van der Waals surface area contributed by atoms with Crippen LogP contribution in [0.15, 0.2) is 48.9 Å². The van der Waals surface area contributed by atoms with E-state index in [0.29, 0.717) is 5.65 Å². The summed E-state index contributed by atoms with van der Waals surface area (Å²) in [4.78, 5) is 7.37. The molecule has 5 aromatic rings. The molecule has 1 saturated heterocycles. The molecular weight excluding hydrogens is 440 g/mol. The van der Waals surface area contributed by atoms with Gasteiger partial charge in [0.2, 0.25) is 5.95 Å². The van der Waals surface area contributed by atoms with Crippen molar-refractivity contribution in [2.24, 2.45) is 5.73 Å². The van der Waals surface area contributed by atoms with Crippen LogP contribution in [0.1, 0.15) is 42.6 Å². The van der Waals surface area contributed by atoms with Gasteiger partial charge in [0, 0.05) is 41.9 Å². The van der Waals surface area contributed by atoms with Gasteiger partial charge >= 0.3 is 0 Å². The van der Waals surface area contributed by atoms with E-state index in [1.165, 1.54) is 11.3 Å². The molecule has 3 N–H and O–H groups in total. The lowest BCUT2D eigenvalue weighted by atomic mass is 9.72. The van der Waals surface area contributed by atoms with Gasteiger partial charge in [-0.25, -0.2) is 0 Å². The second kappa shape index (κ2) is 6.66. The number of nitrogens with two attached hydrogens (primary N) is 1. The van der Waals surface area contributed by atoms with Crippen LogP contribution >= 0.6 is 0 Å². The summed E-state index contributed by atoms with van der Waals surface area (Å²) in [7, 11) is 0. The van der Waals surface area contributed by atoms with Crippen molar-refractivity contribution >= 4 is 22.6 Å². The van der Waals surface area contributed by atoms with Gasteiger partial charge in [0.1, 0.15) is 6.33 Å². The quantitative estimate of drug-likeness (QED) is 0.418. The van der Waals surface area contributed by atoms with Crippen LogP contribution in [0.2, 0.25) is 0 Å². The Balaban J connectivity index is 1.19. The number of aromatic amines is 1. The summed E-state index contributed by atoms with van der Waals surface area (Å²) in [6.45, 7) is 2.51. The van der Waals surface area contributed by atoms with Gasteiger partial charge < -0.3 is 10.6 Å². The van der Waals surface area contributed by atoms with Gasteiger partial charge in [-0.05, 0) is 37.3 Å². The topological polar surface area (TPSA) is 119 Å².